The fraction of sp³-hybridized carbons (Fsp3) is 0.714. The van der Waals surface area contributed by atoms with E-state index in [1.54, 1.807) is 0 Å². The van der Waals surface area contributed by atoms with E-state index in [1.165, 1.54) is 14.0 Å². The molecule has 0 N–H and O–H groups in total. The zero-order valence-corrected chi connectivity index (χ0v) is 12.3. The summed E-state index contributed by atoms with van der Waals surface area (Å²) >= 11 is 0. The zero-order valence-electron chi connectivity index (χ0n) is 12.3. The van der Waals surface area contributed by atoms with Crippen LogP contribution >= 0.6 is 0 Å². The summed E-state index contributed by atoms with van der Waals surface area (Å²) in [6.45, 7) is 1.20. The molecule has 0 aromatic rings. The molecule has 0 amide bonds. The third-order valence-corrected chi connectivity index (χ3v) is 2.95. The number of ketones is 2. The number of esters is 2. The highest BCUT2D eigenvalue weighted by Gasteiger charge is 2.31. The van der Waals surface area contributed by atoms with Crippen LogP contribution < -0.4 is 0 Å². The van der Waals surface area contributed by atoms with Gasteiger partial charge in [-0.25, -0.2) is 0 Å². The minimum Gasteiger partial charge on any atom is -0.469 e. The number of hydrogen-bond donors (Lipinski definition) is 0. The molecule has 0 saturated heterocycles. The van der Waals surface area contributed by atoms with Crippen molar-refractivity contribution in [1.29, 1.82) is 0 Å². The monoisotopic (exact) mass is 286 g/mol. The Morgan fingerprint density at radius 2 is 1.40 bits per heavy atom. The summed E-state index contributed by atoms with van der Waals surface area (Å²) in [6.07, 6.45) is 3.37. The summed E-state index contributed by atoms with van der Waals surface area (Å²) in [7, 11) is 2.49. The minimum atomic E-state index is -1.30. The Kier molecular flexibility index (Phi) is 9.24. The van der Waals surface area contributed by atoms with Gasteiger partial charge in [-0.05, 0) is 19.8 Å². The van der Waals surface area contributed by atoms with Gasteiger partial charge in [0.2, 0.25) is 0 Å². The van der Waals surface area contributed by atoms with Crippen LogP contribution in [0.3, 0.4) is 0 Å². The molecule has 114 valence electrons. The largest absolute Gasteiger partial charge is 0.469 e. The Hall–Kier alpha value is -1.72. The van der Waals surface area contributed by atoms with Gasteiger partial charge in [0.1, 0.15) is 0 Å². The number of Topliss-reactive ketones (excluding diaryl/α,β-unsaturated/α-hetero) is 2. The van der Waals surface area contributed by atoms with Gasteiger partial charge in [0.25, 0.3) is 0 Å². The Bertz CT molecular complexity index is 361. The molecule has 0 aliphatic carbocycles. The number of hydrogen-bond acceptors (Lipinski definition) is 6. The van der Waals surface area contributed by atoms with Crippen molar-refractivity contribution in [2.24, 2.45) is 5.92 Å². The van der Waals surface area contributed by atoms with Gasteiger partial charge in [0, 0.05) is 12.8 Å². The molecule has 20 heavy (non-hydrogen) atoms. The zero-order chi connectivity index (χ0) is 15.5. The van der Waals surface area contributed by atoms with Crippen molar-refractivity contribution in [2.75, 3.05) is 14.2 Å². The van der Waals surface area contributed by atoms with Gasteiger partial charge in [-0.3, -0.25) is 19.2 Å². The third-order valence-electron chi connectivity index (χ3n) is 2.95. The van der Waals surface area contributed by atoms with Crippen LogP contribution in [-0.2, 0) is 28.7 Å². The number of carbonyl (C=O) groups is 4. The molecule has 0 radical (unpaired) electrons. The topological polar surface area (TPSA) is 86.7 Å². The SMILES string of the molecule is COC(=O)CCCCCCC(=O)C(C(C)=O)C(=O)OC. The van der Waals surface area contributed by atoms with E-state index in [9.17, 15) is 19.2 Å². The van der Waals surface area contributed by atoms with Crippen LogP contribution in [0.1, 0.15) is 45.4 Å². The van der Waals surface area contributed by atoms with E-state index in [-0.39, 0.29) is 12.4 Å². The van der Waals surface area contributed by atoms with Crippen LogP contribution in [-0.4, -0.2) is 37.7 Å². The molecule has 0 aromatic carbocycles. The van der Waals surface area contributed by atoms with E-state index in [2.05, 4.69) is 9.47 Å². The van der Waals surface area contributed by atoms with Gasteiger partial charge in [-0.2, -0.15) is 0 Å². The fourth-order valence-electron chi connectivity index (χ4n) is 1.81. The van der Waals surface area contributed by atoms with E-state index in [1.807, 2.05) is 0 Å². The molecule has 1 atom stereocenters. The lowest BCUT2D eigenvalue weighted by Crippen LogP contribution is -2.31. The van der Waals surface area contributed by atoms with Crippen LogP contribution in [0.2, 0.25) is 0 Å². The molecule has 0 heterocycles. The highest BCUT2D eigenvalue weighted by atomic mass is 16.5. The molecule has 0 rings (SSSR count). The molecule has 0 aliphatic rings. The molecule has 6 heteroatoms. The summed E-state index contributed by atoms with van der Waals surface area (Å²) in [5, 5.41) is 0. The van der Waals surface area contributed by atoms with Gasteiger partial charge >= 0.3 is 11.9 Å². The van der Waals surface area contributed by atoms with Gasteiger partial charge in [-0.1, -0.05) is 12.8 Å². The first-order valence-electron chi connectivity index (χ1n) is 6.61. The smallest absolute Gasteiger partial charge is 0.323 e. The molecule has 0 aromatic heterocycles. The van der Waals surface area contributed by atoms with E-state index >= 15 is 0 Å². The first kappa shape index (κ1) is 18.3. The van der Waals surface area contributed by atoms with Crippen LogP contribution in [0.5, 0.6) is 0 Å². The van der Waals surface area contributed by atoms with Crippen molar-refractivity contribution in [3.8, 4) is 0 Å². The maximum Gasteiger partial charge on any atom is 0.323 e. The lowest BCUT2D eigenvalue weighted by molar-refractivity contribution is -0.152. The van der Waals surface area contributed by atoms with Crippen LogP contribution in [0.25, 0.3) is 0 Å². The highest BCUT2D eigenvalue weighted by Crippen LogP contribution is 2.12. The Morgan fingerprint density at radius 3 is 1.85 bits per heavy atom. The first-order valence-corrected chi connectivity index (χ1v) is 6.61. The number of unbranched alkanes of at least 4 members (excludes halogenated alkanes) is 3. The van der Waals surface area contributed by atoms with Crippen molar-refractivity contribution in [3.63, 3.8) is 0 Å². The van der Waals surface area contributed by atoms with Crippen LogP contribution in [0.15, 0.2) is 0 Å². The molecule has 0 fully saturated rings. The van der Waals surface area contributed by atoms with E-state index < -0.39 is 23.5 Å². The Morgan fingerprint density at radius 1 is 0.850 bits per heavy atom. The van der Waals surface area contributed by atoms with Crippen LogP contribution in [0, 0.1) is 5.92 Å². The Balaban J connectivity index is 3.94. The standard InChI is InChI=1S/C14H22O6/c1-10(15)13(14(18)20-3)11(16)8-6-4-5-7-9-12(17)19-2/h13H,4-9H2,1-3H3. The Labute approximate surface area is 118 Å². The average molecular weight is 286 g/mol. The third kappa shape index (κ3) is 7.01. The molecule has 0 saturated carbocycles. The first-order chi connectivity index (χ1) is 9.43. The summed E-state index contributed by atoms with van der Waals surface area (Å²) in [6, 6.07) is 0. The van der Waals surface area contributed by atoms with Crippen LogP contribution in [0.4, 0.5) is 0 Å². The van der Waals surface area contributed by atoms with E-state index in [4.69, 9.17) is 0 Å². The fourth-order valence-corrected chi connectivity index (χ4v) is 1.81. The average Bonchev–Trinajstić information content (AvgIpc) is 2.41. The second-order valence-corrected chi connectivity index (χ2v) is 4.52. The maximum atomic E-state index is 11.8. The highest BCUT2D eigenvalue weighted by molar-refractivity contribution is 6.16. The van der Waals surface area contributed by atoms with Gasteiger partial charge < -0.3 is 9.47 Å². The van der Waals surface area contributed by atoms with Crippen molar-refractivity contribution < 1.29 is 28.7 Å². The molecule has 0 aliphatic heterocycles. The van der Waals surface area contributed by atoms with Gasteiger partial charge in [-0.15, -0.1) is 0 Å². The van der Waals surface area contributed by atoms with Crippen molar-refractivity contribution >= 4 is 23.5 Å². The molecule has 0 bridgehead atoms. The lowest BCUT2D eigenvalue weighted by atomic mass is 9.95. The molecule has 1 unspecified atom stereocenters. The van der Waals surface area contributed by atoms with E-state index in [0.717, 1.165) is 20.0 Å². The number of carbonyl (C=O) groups excluding carboxylic acids is 4. The summed E-state index contributed by atoms with van der Waals surface area (Å²) in [5.74, 6) is -3.24. The summed E-state index contributed by atoms with van der Waals surface area (Å²) < 4.78 is 8.96. The minimum absolute atomic E-state index is 0.164. The summed E-state index contributed by atoms with van der Waals surface area (Å²) in [4.78, 5) is 45.2. The van der Waals surface area contributed by atoms with Crippen molar-refractivity contribution in [2.45, 2.75) is 45.4 Å². The molecular weight excluding hydrogens is 264 g/mol. The normalized spacial score (nSPS) is 11.6. The number of rotatable bonds is 10. The molecular formula is C14H22O6. The number of methoxy groups -OCH3 is 2. The lowest BCUT2D eigenvalue weighted by Gasteiger charge is -2.10. The quantitative estimate of drug-likeness (QED) is 0.343. The molecule has 0 spiro atoms. The number of ether oxygens (including phenoxy) is 2. The van der Waals surface area contributed by atoms with Crippen molar-refractivity contribution in [3.05, 3.63) is 0 Å². The second-order valence-electron chi connectivity index (χ2n) is 4.52. The predicted octanol–water partition coefficient (Wildman–Crippen LogP) is 1.45. The van der Waals surface area contributed by atoms with Gasteiger partial charge in [0.15, 0.2) is 17.5 Å². The van der Waals surface area contributed by atoms with Gasteiger partial charge in [0.05, 0.1) is 14.2 Å². The summed E-state index contributed by atoms with van der Waals surface area (Å²) in [5.41, 5.74) is 0. The molecule has 6 nitrogen and oxygen atoms in total. The second kappa shape index (κ2) is 10.1. The van der Waals surface area contributed by atoms with E-state index in [0.29, 0.717) is 19.3 Å². The maximum absolute atomic E-state index is 11.8. The van der Waals surface area contributed by atoms with Crippen molar-refractivity contribution in [1.82, 2.24) is 0 Å². The predicted molar refractivity (Wildman–Crippen MR) is 70.9 cm³/mol.